The lowest BCUT2D eigenvalue weighted by atomic mass is 10.1. The topological polar surface area (TPSA) is 50.4 Å². The fraction of sp³-hybridized carbons (Fsp3) is 0.462. The first-order valence-corrected chi connectivity index (χ1v) is 5.87. The molecule has 0 aromatic heterocycles. The number of hydrogen-bond donors (Lipinski definition) is 2. The van der Waals surface area contributed by atoms with Gasteiger partial charge in [0, 0.05) is 18.8 Å². The average molecular weight is 234 g/mol. The predicted octanol–water partition coefficient (Wildman–Crippen LogP) is 1.23. The quantitative estimate of drug-likeness (QED) is 0.809. The van der Waals surface area contributed by atoms with Gasteiger partial charge in [0.05, 0.1) is 6.61 Å². The SMILES string of the molecule is Cc1ccc(NC(=O)C2CNCCO2)cc1C. The highest BCUT2D eigenvalue weighted by atomic mass is 16.5. The minimum Gasteiger partial charge on any atom is -0.366 e. The minimum atomic E-state index is -0.384. The second kappa shape index (κ2) is 5.29. The Morgan fingerprint density at radius 2 is 2.24 bits per heavy atom. The van der Waals surface area contributed by atoms with Crippen molar-refractivity contribution in [2.45, 2.75) is 20.0 Å². The lowest BCUT2D eigenvalue weighted by Crippen LogP contribution is -2.45. The molecule has 1 unspecified atom stereocenters. The van der Waals surface area contributed by atoms with E-state index in [1.54, 1.807) is 0 Å². The van der Waals surface area contributed by atoms with Gasteiger partial charge in [0.1, 0.15) is 6.10 Å². The zero-order chi connectivity index (χ0) is 12.3. The van der Waals surface area contributed by atoms with Crippen LogP contribution in [0.4, 0.5) is 5.69 Å². The van der Waals surface area contributed by atoms with Gasteiger partial charge in [-0.05, 0) is 37.1 Å². The van der Waals surface area contributed by atoms with Crippen LogP contribution in [0.15, 0.2) is 18.2 Å². The molecule has 1 aliphatic rings. The van der Waals surface area contributed by atoms with Crippen molar-refractivity contribution in [2.24, 2.45) is 0 Å². The Kier molecular flexibility index (Phi) is 3.76. The van der Waals surface area contributed by atoms with Crippen molar-refractivity contribution in [3.63, 3.8) is 0 Å². The molecule has 0 radical (unpaired) electrons. The Labute approximate surface area is 101 Å². The van der Waals surface area contributed by atoms with E-state index in [4.69, 9.17) is 4.74 Å². The van der Waals surface area contributed by atoms with Crippen LogP contribution in [0.1, 0.15) is 11.1 Å². The van der Waals surface area contributed by atoms with Gasteiger partial charge < -0.3 is 15.4 Å². The number of morpholine rings is 1. The Balaban J connectivity index is 1.99. The summed E-state index contributed by atoms with van der Waals surface area (Å²) in [4.78, 5) is 11.9. The Morgan fingerprint density at radius 1 is 1.41 bits per heavy atom. The van der Waals surface area contributed by atoms with Gasteiger partial charge in [0.15, 0.2) is 0 Å². The first kappa shape index (κ1) is 12.1. The Bertz CT molecular complexity index is 412. The average Bonchev–Trinajstić information content (AvgIpc) is 2.35. The van der Waals surface area contributed by atoms with Gasteiger partial charge in [-0.25, -0.2) is 0 Å². The number of nitrogens with one attached hydrogen (secondary N) is 2. The third-order valence-corrected chi connectivity index (χ3v) is 2.99. The monoisotopic (exact) mass is 234 g/mol. The Morgan fingerprint density at radius 3 is 2.88 bits per heavy atom. The molecule has 4 heteroatoms. The van der Waals surface area contributed by atoms with Gasteiger partial charge in [-0.2, -0.15) is 0 Å². The zero-order valence-corrected chi connectivity index (χ0v) is 10.2. The fourth-order valence-electron chi connectivity index (χ4n) is 1.78. The number of hydrogen-bond acceptors (Lipinski definition) is 3. The summed E-state index contributed by atoms with van der Waals surface area (Å²) in [5, 5.41) is 6.01. The maximum atomic E-state index is 11.9. The van der Waals surface area contributed by atoms with Crippen LogP contribution >= 0.6 is 0 Å². The van der Waals surface area contributed by atoms with Gasteiger partial charge in [0.2, 0.25) is 0 Å². The van der Waals surface area contributed by atoms with E-state index in [0.717, 1.165) is 12.2 Å². The molecule has 1 fully saturated rings. The van der Waals surface area contributed by atoms with Gasteiger partial charge in [-0.15, -0.1) is 0 Å². The van der Waals surface area contributed by atoms with Crippen LogP contribution in [0.5, 0.6) is 0 Å². The van der Waals surface area contributed by atoms with Crippen LogP contribution in [-0.4, -0.2) is 31.7 Å². The van der Waals surface area contributed by atoms with E-state index in [1.165, 1.54) is 11.1 Å². The molecule has 0 spiro atoms. The number of benzene rings is 1. The van der Waals surface area contributed by atoms with Crippen molar-refractivity contribution in [3.8, 4) is 0 Å². The Hall–Kier alpha value is -1.39. The van der Waals surface area contributed by atoms with E-state index in [-0.39, 0.29) is 12.0 Å². The molecular formula is C13H18N2O2. The molecule has 2 rings (SSSR count). The molecule has 0 saturated carbocycles. The molecule has 1 atom stereocenters. The fourth-order valence-corrected chi connectivity index (χ4v) is 1.78. The summed E-state index contributed by atoms with van der Waals surface area (Å²) < 4.78 is 5.39. The number of aryl methyl sites for hydroxylation is 2. The lowest BCUT2D eigenvalue weighted by molar-refractivity contribution is -0.128. The highest BCUT2D eigenvalue weighted by Crippen LogP contribution is 2.14. The maximum absolute atomic E-state index is 11.9. The molecule has 4 nitrogen and oxygen atoms in total. The molecule has 0 bridgehead atoms. The number of carbonyl (C=O) groups is 1. The van der Waals surface area contributed by atoms with E-state index in [9.17, 15) is 4.79 Å². The van der Waals surface area contributed by atoms with E-state index in [1.807, 2.05) is 25.1 Å². The summed E-state index contributed by atoms with van der Waals surface area (Å²) in [6, 6.07) is 5.89. The molecular weight excluding hydrogens is 216 g/mol. The van der Waals surface area contributed by atoms with Crippen molar-refractivity contribution in [1.82, 2.24) is 5.32 Å². The third-order valence-electron chi connectivity index (χ3n) is 2.99. The third kappa shape index (κ3) is 3.05. The zero-order valence-electron chi connectivity index (χ0n) is 10.2. The van der Waals surface area contributed by atoms with E-state index < -0.39 is 0 Å². The van der Waals surface area contributed by atoms with E-state index in [2.05, 4.69) is 17.6 Å². The molecule has 1 aliphatic heterocycles. The lowest BCUT2D eigenvalue weighted by Gasteiger charge is -2.22. The molecule has 1 amide bonds. The minimum absolute atomic E-state index is 0.0829. The van der Waals surface area contributed by atoms with Crippen LogP contribution in [0, 0.1) is 13.8 Å². The summed E-state index contributed by atoms with van der Waals surface area (Å²) in [5.41, 5.74) is 3.22. The van der Waals surface area contributed by atoms with Crippen LogP contribution in [0.3, 0.4) is 0 Å². The van der Waals surface area contributed by atoms with Crippen molar-refractivity contribution < 1.29 is 9.53 Å². The second-order valence-electron chi connectivity index (χ2n) is 4.35. The van der Waals surface area contributed by atoms with Crippen molar-refractivity contribution in [3.05, 3.63) is 29.3 Å². The second-order valence-corrected chi connectivity index (χ2v) is 4.35. The van der Waals surface area contributed by atoms with Crippen molar-refractivity contribution >= 4 is 11.6 Å². The smallest absolute Gasteiger partial charge is 0.254 e. The van der Waals surface area contributed by atoms with Crippen LogP contribution in [0.2, 0.25) is 0 Å². The molecule has 1 saturated heterocycles. The molecule has 1 aromatic rings. The van der Waals surface area contributed by atoms with Gasteiger partial charge in [-0.3, -0.25) is 4.79 Å². The summed E-state index contributed by atoms with van der Waals surface area (Å²) in [6.45, 7) is 6.06. The maximum Gasteiger partial charge on any atom is 0.254 e. The van der Waals surface area contributed by atoms with Crippen LogP contribution < -0.4 is 10.6 Å². The molecule has 2 N–H and O–H groups in total. The normalized spacial score (nSPS) is 20.0. The van der Waals surface area contributed by atoms with E-state index in [0.29, 0.717) is 13.2 Å². The summed E-state index contributed by atoms with van der Waals surface area (Å²) in [6.07, 6.45) is -0.384. The van der Waals surface area contributed by atoms with Gasteiger partial charge in [0.25, 0.3) is 5.91 Å². The first-order chi connectivity index (χ1) is 8.16. The number of carbonyl (C=O) groups excluding carboxylic acids is 1. The highest BCUT2D eigenvalue weighted by molar-refractivity contribution is 5.94. The van der Waals surface area contributed by atoms with Gasteiger partial charge >= 0.3 is 0 Å². The molecule has 92 valence electrons. The molecule has 0 aliphatic carbocycles. The predicted molar refractivity (Wildman–Crippen MR) is 67.2 cm³/mol. The van der Waals surface area contributed by atoms with E-state index >= 15 is 0 Å². The molecule has 1 heterocycles. The molecule has 17 heavy (non-hydrogen) atoms. The van der Waals surface area contributed by atoms with Crippen molar-refractivity contribution in [2.75, 3.05) is 25.0 Å². The van der Waals surface area contributed by atoms with Crippen LogP contribution in [0.25, 0.3) is 0 Å². The number of ether oxygens (including phenoxy) is 1. The summed E-state index contributed by atoms with van der Waals surface area (Å²) >= 11 is 0. The number of rotatable bonds is 2. The van der Waals surface area contributed by atoms with Gasteiger partial charge in [-0.1, -0.05) is 6.07 Å². The summed E-state index contributed by atoms with van der Waals surface area (Å²) in [5.74, 6) is -0.0829. The van der Waals surface area contributed by atoms with Crippen LogP contribution in [-0.2, 0) is 9.53 Å². The van der Waals surface area contributed by atoms with Crippen molar-refractivity contribution in [1.29, 1.82) is 0 Å². The largest absolute Gasteiger partial charge is 0.366 e. The summed E-state index contributed by atoms with van der Waals surface area (Å²) in [7, 11) is 0. The number of amides is 1. The first-order valence-electron chi connectivity index (χ1n) is 5.87. The number of anilines is 1. The highest BCUT2D eigenvalue weighted by Gasteiger charge is 2.21. The standard InChI is InChI=1S/C13H18N2O2/c1-9-3-4-11(7-10(9)2)15-13(16)12-8-14-5-6-17-12/h3-4,7,12,14H,5-6,8H2,1-2H3,(H,15,16). The molecule has 1 aromatic carbocycles.